The smallest absolute Gasteiger partial charge is 0.329 e. The number of hydrogen-bond donors (Lipinski definition) is 2. The van der Waals surface area contributed by atoms with Crippen molar-refractivity contribution in [2.24, 2.45) is 0 Å². The van der Waals surface area contributed by atoms with E-state index >= 15 is 0 Å². The Morgan fingerprint density at radius 1 is 0.897 bits per heavy atom. The Bertz CT molecular complexity index is 1800. The van der Waals surface area contributed by atoms with E-state index in [9.17, 15) is 14.4 Å². The number of anilines is 1. The number of carbonyl (C=O) groups excluding carboxylic acids is 3. The molecule has 0 atom stereocenters. The van der Waals surface area contributed by atoms with Gasteiger partial charge in [0, 0.05) is 34.9 Å². The van der Waals surface area contributed by atoms with E-state index in [-0.39, 0.29) is 12.2 Å². The number of amides is 4. The van der Waals surface area contributed by atoms with Crippen molar-refractivity contribution in [2.45, 2.75) is 13.5 Å². The highest BCUT2D eigenvalue weighted by molar-refractivity contribution is 6.16. The fraction of sp³-hybridized carbons (Fsp3) is 0.0938. The quantitative estimate of drug-likeness (QED) is 0.226. The van der Waals surface area contributed by atoms with Crippen LogP contribution in [0.2, 0.25) is 0 Å². The van der Waals surface area contributed by atoms with Gasteiger partial charge in [0.05, 0.1) is 0 Å². The van der Waals surface area contributed by atoms with Crippen molar-refractivity contribution in [3.05, 3.63) is 120 Å². The third-order valence-corrected chi connectivity index (χ3v) is 6.85. The van der Waals surface area contributed by atoms with Crippen LogP contribution in [0, 0.1) is 6.92 Å². The number of imide groups is 1. The van der Waals surface area contributed by atoms with Crippen molar-refractivity contribution in [2.75, 3.05) is 11.9 Å². The molecule has 1 saturated heterocycles. The number of nitrogens with one attached hydrogen (secondary N) is 2. The number of urea groups is 1. The zero-order chi connectivity index (χ0) is 26.9. The van der Waals surface area contributed by atoms with E-state index in [2.05, 4.69) is 45.5 Å². The Morgan fingerprint density at radius 3 is 2.54 bits per heavy atom. The highest BCUT2D eigenvalue weighted by atomic mass is 16.2. The third kappa shape index (κ3) is 4.90. The molecule has 0 spiro atoms. The molecular formula is C32H26N4O3. The molecule has 5 aromatic rings. The van der Waals surface area contributed by atoms with E-state index < -0.39 is 17.8 Å². The molecule has 7 heteroatoms. The maximum atomic E-state index is 13.1. The summed E-state index contributed by atoms with van der Waals surface area (Å²) in [5.74, 6) is -0.983. The number of carbonyl (C=O) groups is 3. The standard InChI is InChI=1S/C32H26N4O3/c1-21-7-6-10-26(15-21)33-30(37)20-36-31(38)28(34-32(36)39)17-25-19-35(29-12-5-4-11-27(25)29)18-22-13-14-23-8-2-3-9-24(23)16-22/h2-17,19H,18,20H2,1H3,(H,33,37)(H,34,39)/b28-17+. The summed E-state index contributed by atoms with van der Waals surface area (Å²) in [6.45, 7) is 2.20. The Labute approximate surface area is 225 Å². The first-order chi connectivity index (χ1) is 18.9. The second kappa shape index (κ2) is 9.95. The van der Waals surface area contributed by atoms with Gasteiger partial charge in [-0.25, -0.2) is 9.69 Å². The van der Waals surface area contributed by atoms with Crippen LogP contribution < -0.4 is 10.6 Å². The van der Waals surface area contributed by atoms with Crippen molar-refractivity contribution in [3.63, 3.8) is 0 Å². The van der Waals surface area contributed by atoms with Crippen molar-refractivity contribution < 1.29 is 14.4 Å². The lowest BCUT2D eigenvalue weighted by atomic mass is 10.1. The molecular weight excluding hydrogens is 488 g/mol. The molecule has 0 radical (unpaired) electrons. The topological polar surface area (TPSA) is 83.4 Å². The van der Waals surface area contributed by atoms with E-state index in [1.807, 2.05) is 67.7 Å². The maximum absolute atomic E-state index is 13.1. The van der Waals surface area contributed by atoms with Gasteiger partial charge in [-0.3, -0.25) is 9.59 Å². The predicted molar refractivity (Wildman–Crippen MR) is 153 cm³/mol. The summed E-state index contributed by atoms with van der Waals surface area (Å²) in [5.41, 5.74) is 4.72. The van der Waals surface area contributed by atoms with E-state index in [4.69, 9.17) is 0 Å². The van der Waals surface area contributed by atoms with Crippen LogP contribution in [0.25, 0.3) is 27.8 Å². The van der Waals surface area contributed by atoms with E-state index in [1.165, 1.54) is 10.8 Å². The lowest BCUT2D eigenvalue weighted by molar-refractivity contribution is -0.127. The molecule has 2 N–H and O–H groups in total. The highest BCUT2D eigenvalue weighted by Crippen LogP contribution is 2.26. The Hall–Kier alpha value is -5.17. The number of aromatic nitrogens is 1. The second-order valence-corrected chi connectivity index (χ2v) is 9.71. The lowest BCUT2D eigenvalue weighted by Crippen LogP contribution is -2.38. The monoisotopic (exact) mass is 514 g/mol. The summed E-state index contributed by atoms with van der Waals surface area (Å²) in [6, 6.07) is 29.3. The number of nitrogens with zero attached hydrogens (tertiary/aromatic N) is 2. The number of fused-ring (bicyclic) bond motifs is 2. The van der Waals surface area contributed by atoms with Gasteiger partial charge in [-0.05, 0) is 59.2 Å². The number of rotatable bonds is 6. The predicted octanol–water partition coefficient (Wildman–Crippen LogP) is 5.68. The minimum absolute atomic E-state index is 0.136. The number of benzene rings is 4. The highest BCUT2D eigenvalue weighted by Gasteiger charge is 2.35. The molecule has 39 heavy (non-hydrogen) atoms. The maximum Gasteiger partial charge on any atom is 0.329 e. The van der Waals surface area contributed by atoms with Gasteiger partial charge < -0.3 is 15.2 Å². The normalized spacial score (nSPS) is 14.4. The number of aryl methyl sites for hydroxylation is 1. The fourth-order valence-corrected chi connectivity index (χ4v) is 4.99. The summed E-state index contributed by atoms with van der Waals surface area (Å²) in [5, 5.41) is 8.71. The van der Waals surface area contributed by atoms with Crippen molar-refractivity contribution in [1.29, 1.82) is 0 Å². The lowest BCUT2D eigenvalue weighted by Gasteiger charge is -2.12. The van der Waals surface area contributed by atoms with Gasteiger partial charge >= 0.3 is 6.03 Å². The van der Waals surface area contributed by atoms with Crippen molar-refractivity contribution in [3.8, 4) is 0 Å². The minimum Gasteiger partial charge on any atom is -0.342 e. The third-order valence-electron chi connectivity index (χ3n) is 6.85. The molecule has 4 amide bonds. The summed E-state index contributed by atoms with van der Waals surface area (Å²) < 4.78 is 2.14. The number of hydrogen-bond acceptors (Lipinski definition) is 3. The van der Waals surface area contributed by atoms with Gasteiger partial charge in [0.2, 0.25) is 5.91 Å². The largest absolute Gasteiger partial charge is 0.342 e. The number of para-hydroxylation sites is 1. The Kier molecular flexibility index (Phi) is 6.17. The Balaban J connectivity index is 1.24. The summed E-state index contributed by atoms with van der Waals surface area (Å²) in [4.78, 5) is 39.2. The molecule has 7 nitrogen and oxygen atoms in total. The second-order valence-electron chi connectivity index (χ2n) is 9.71. The molecule has 1 aliphatic rings. The van der Waals surface area contributed by atoms with Crippen LogP contribution in [0.3, 0.4) is 0 Å². The molecule has 1 fully saturated rings. The molecule has 4 aromatic carbocycles. The molecule has 0 bridgehead atoms. The molecule has 0 unspecified atom stereocenters. The van der Waals surface area contributed by atoms with Gasteiger partial charge in [0.15, 0.2) is 0 Å². The van der Waals surface area contributed by atoms with Crippen molar-refractivity contribution >= 4 is 51.3 Å². The molecule has 1 aromatic heterocycles. The summed E-state index contributed by atoms with van der Waals surface area (Å²) >= 11 is 0. The van der Waals surface area contributed by atoms with Crippen LogP contribution in [0.1, 0.15) is 16.7 Å². The van der Waals surface area contributed by atoms with Crippen LogP contribution in [0.4, 0.5) is 10.5 Å². The van der Waals surface area contributed by atoms with Crippen LogP contribution in [-0.2, 0) is 16.1 Å². The average Bonchev–Trinajstić information content (AvgIpc) is 3.40. The SMILES string of the molecule is Cc1cccc(NC(=O)CN2C(=O)N/C(=C/c3cn(Cc4ccc5ccccc5c4)c4ccccc34)C2=O)c1. The van der Waals surface area contributed by atoms with Gasteiger partial charge in [-0.1, -0.05) is 66.7 Å². The average molecular weight is 515 g/mol. The van der Waals surface area contributed by atoms with Crippen LogP contribution in [0.5, 0.6) is 0 Å². The van der Waals surface area contributed by atoms with Gasteiger partial charge in [0.25, 0.3) is 5.91 Å². The zero-order valence-corrected chi connectivity index (χ0v) is 21.3. The summed E-state index contributed by atoms with van der Waals surface area (Å²) in [6.07, 6.45) is 3.66. The molecule has 6 rings (SSSR count). The van der Waals surface area contributed by atoms with E-state index in [0.717, 1.165) is 32.5 Å². The fourth-order valence-electron chi connectivity index (χ4n) is 4.99. The zero-order valence-electron chi connectivity index (χ0n) is 21.3. The molecule has 0 aliphatic carbocycles. The van der Waals surface area contributed by atoms with Gasteiger partial charge in [-0.2, -0.15) is 0 Å². The van der Waals surface area contributed by atoms with Crippen LogP contribution in [0.15, 0.2) is 103 Å². The van der Waals surface area contributed by atoms with Crippen molar-refractivity contribution in [1.82, 2.24) is 14.8 Å². The minimum atomic E-state index is -0.620. The van der Waals surface area contributed by atoms with Crippen LogP contribution >= 0.6 is 0 Å². The molecule has 1 aliphatic heterocycles. The molecule has 2 heterocycles. The van der Waals surface area contributed by atoms with E-state index in [1.54, 1.807) is 12.1 Å². The van der Waals surface area contributed by atoms with Gasteiger partial charge in [-0.15, -0.1) is 0 Å². The first kappa shape index (κ1) is 24.2. The van der Waals surface area contributed by atoms with Crippen LogP contribution in [-0.4, -0.2) is 33.9 Å². The first-order valence-corrected chi connectivity index (χ1v) is 12.7. The molecule has 192 valence electrons. The Morgan fingerprint density at radius 2 is 1.69 bits per heavy atom. The molecule has 0 saturated carbocycles. The van der Waals surface area contributed by atoms with E-state index in [0.29, 0.717) is 12.2 Å². The first-order valence-electron chi connectivity index (χ1n) is 12.7. The van der Waals surface area contributed by atoms with Gasteiger partial charge in [0.1, 0.15) is 12.2 Å². The summed E-state index contributed by atoms with van der Waals surface area (Å²) in [7, 11) is 0.